The van der Waals surface area contributed by atoms with Gasteiger partial charge >= 0.3 is 6.03 Å². The van der Waals surface area contributed by atoms with Crippen molar-refractivity contribution in [2.75, 3.05) is 10.6 Å². The number of nitrogens with one attached hydrogen (secondary N) is 3. The van der Waals surface area contributed by atoms with Gasteiger partial charge in [-0.2, -0.15) is 0 Å². The predicted octanol–water partition coefficient (Wildman–Crippen LogP) is 5.88. The molecule has 0 saturated carbocycles. The van der Waals surface area contributed by atoms with Crippen LogP contribution in [0, 0.1) is 0 Å². The second kappa shape index (κ2) is 8.74. The number of anilines is 3. The van der Waals surface area contributed by atoms with E-state index in [4.69, 9.17) is 11.6 Å². The molecule has 3 N–H and O–H groups in total. The van der Waals surface area contributed by atoms with Crippen molar-refractivity contribution in [1.29, 1.82) is 0 Å². The molecule has 4 nitrogen and oxygen atoms in total. The minimum atomic E-state index is -0.306. The summed E-state index contributed by atoms with van der Waals surface area (Å²) < 4.78 is 0. The summed E-state index contributed by atoms with van der Waals surface area (Å²) in [6, 6.07) is 24.4. The quantitative estimate of drug-likeness (QED) is 0.530. The SMILES string of the molecule is O=C(N/C=C/c1ccc(Cl)cc1)Nc1ccc(Nc2ccccc2)cc1. The summed E-state index contributed by atoms with van der Waals surface area (Å²) in [4.78, 5) is 11.9. The summed E-state index contributed by atoms with van der Waals surface area (Å²) in [5.74, 6) is 0. The third-order valence-electron chi connectivity index (χ3n) is 3.57. The molecule has 0 fully saturated rings. The summed E-state index contributed by atoms with van der Waals surface area (Å²) in [6.45, 7) is 0. The van der Waals surface area contributed by atoms with Crippen molar-refractivity contribution in [3.63, 3.8) is 0 Å². The molecule has 0 saturated heterocycles. The van der Waals surface area contributed by atoms with Gasteiger partial charge in [-0.3, -0.25) is 0 Å². The van der Waals surface area contributed by atoms with Gasteiger partial charge < -0.3 is 16.0 Å². The van der Waals surface area contributed by atoms with Crippen molar-refractivity contribution >= 4 is 40.8 Å². The molecule has 0 bridgehead atoms. The molecule has 0 spiro atoms. The van der Waals surface area contributed by atoms with E-state index in [1.165, 1.54) is 0 Å². The average Bonchev–Trinajstić information content (AvgIpc) is 2.66. The lowest BCUT2D eigenvalue weighted by Crippen LogP contribution is -2.23. The number of carbonyl (C=O) groups excluding carboxylic acids is 1. The van der Waals surface area contributed by atoms with Crippen LogP contribution in [0.4, 0.5) is 21.9 Å². The number of hydrogen-bond acceptors (Lipinski definition) is 2. The van der Waals surface area contributed by atoms with Crippen LogP contribution < -0.4 is 16.0 Å². The number of urea groups is 1. The highest BCUT2D eigenvalue weighted by Crippen LogP contribution is 2.18. The Bertz CT molecular complexity index is 875. The molecule has 3 rings (SSSR count). The number of rotatable bonds is 5. The van der Waals surface area contributed by atoms with Gasteiger partial charge in [0.25, 0.3) is 0 Å². The van der Waals surface area contributed by atoms with E-state index < -0.39 is 0 Å². The van der Waals surface area contributed by atoms with Gasteiger partial charge in [0.05, 0.1) is 0 Å². The van der Waals surface area contributed by atoms with E-state index in [-0.39, 0.29) is 6.03 Å². The first-order chi connectivity index (χ1) is 12.7. The first kappa shape index (κ1) is 17.6. The van der Waals surface area contributed by atoms with E-state index in [1.807, 2.05) is 66.7 Å². The molecule has 5 heteroatoms. The molecule has 0 aromatic heterocycles. The van der Waals surface area contributed by atoms with Gasteiger partial charge in [0.1, 0.15) is 0 Å². The molecule has 130 valence electrons. The fourth-order valence-electron chi connectivity index (χ4n) is 2.28. The maximum Gasteiger partial charge on any atom is 0.323 e. The Balaban J connectivity index is 1.50. The van der Waals surface area contributed by atoms with Crippen LogP contribution in [-0.4, -0.2) is 6.03 Å². The zero-order valence-electron chi connectivity index (χ0n) is 13.9. The minimum absolute atomic E-state index is 0.306. The van der Waals surface area contributed by atoms with E-state index in [9.17, 15) is 4.79 Å². The van der Waals surface area contributed by atoms with E-state index in [2.05, 4.69) is 16.0 Å². The highest BCUT2D eigenvalue weighted by molar-refractivity contribution is 6.30. The van der Waals surface area contributed by atoms with Gasteiger partial charge in [0.2, 0.25) is 0 Å². The van der Waals surface area contributed by atoms with Gasteiger partial charge in [-0.15, -0.1) is 0 Å². The monoisotopic (exact) mass is 363 g/mol. The molecule has 0 atom stereocenters. The molecule has 0 unspecified atom stereocenters. The largest absolute Gasteiger partial charge is 0.356 e. The highest BCUT2D eigenvalue weighted by atomic mass is 35.5. The predicted molar refractivity (Wildman–Crippen MR) is 109 cm³/mol. The van der Waals surface area contributed by atoms with E-state index >= 15 is 0 Å². The summed E-state index contributed by atoms with van der Waals surface area (Å²) in [5.41, 5.74) is 3.62. The van der Waals surface area contributed by atoms with Crippen molar-refractivity contribution in [2.45, 2.75) is 0 Å². The van der Waals surface area contributed by atoms with Crippen LogP contribution in [0.25, 0.3) is 6.08 Å². The van der Waals surface area contributed by atoms with Crippen LogP contribution in [0.1, 0.15) is 5.56 Å². The van der Waals surface area contributed by atoms with Crippen LogP contribution in [-0.2, 0) is 0 Å². The average molecular weight is 364 g/mol. The molecule has 0 radical (unpaired) electrons. The minimum Gasteiger partial charge on any atom is -0.356 e. The Hall–Kier alpha value is -3.24. The number of para-hydroxylation sites is 1. The van der Waals surface area contributed by atoms with Crippen molar-refractivity contribution in [3.8, 4) is 0 Å². The molecule has 3 aromatic rings. The van der Waals surface area contributed by atoms with Crippen molar-refractivity contribution in [2.24, 2.45) is 0 Å². The molecule has 0 aliphatic rings. The fraction of sp³-hybridized carbons (Fsp3) is 0. The van der Waals surface area contributed by atoms with Crippen molar-refractivity contribution < 1.29 is 4.79 Å². The maximum atomic E-state index is 11.9. The number of amides is 2. The lowest BCUT2D eigenvalue weighted by molar-refractivity contribution is 0.255. The molecular weight excluding hydrogens is 346 g/mol. The molecule has 0 heterocycles. The lowest BCUT2D eigenvalue weighted by atomic mass is 10.2. The van der Waals surface area contributed by atoms with Crippen molar-refractivity contribution in [1.82, 2.24) is 5.32 Å². The summed E-state index contributed by atoms with van der Waals surface area (Å²) in [7, 11) is 0. The van der Waals surface area contributed by atoms with Gasteiger partial charge in [0, 0.05) is 28.3 Å². The van der Waals surface area contributed by atoms with Crippen LogP contribution in [0.2, 0.25) is 5.02 Å². The van der Waals surface area contributed by atoms with Crippen LogP contribution >= 0.6 is 11.6 Å². The Morgan fingerprint density at radius 1 is 0.769 bits per heavy atom. The first-order valence-electron chi connectivity index (χ1n) is 8.11. The van der Waals surface area contributed by atoms with Crippen LogP contribution in [0.3, 0.4) is 0 Å². The third-order valence-corrected chi connectivity index (χ3v) is 3.82. The third kappa shape index (κ3) is 5.40. The highest BCUT2D eigenvalue weighted by Gasteiger charge is 2.00. The normalized spacial score (nSPS) is 10.5. The Morgan fingerprint density at radius 2 is 1.38 bits per heavy atom. The van der Waals surface area contributed by atoms with Crippen LogP contribution in [0.5, 0.6) is 0 Å². The van der Waals surface area contributed by atoms with Gasteiger partial charge in [-0.25, -0.2) is 4.79 Å². The van der Waals surface area contributed by atoms with E-state index in [0.29, 0.717) is 10.7 Å². The Morgan fingerprint density at radius 3 is 2.08 bits per heavy atom. The first-order valence-corrected chi connectivity index (χ1v) is 8.49. The van der Waals surface area contributed by atoms with Gasteiger partial charge in [-0.1, -0.05) is 41.9 Å². The number of carbonyl (C=O) groups is 1. The van der Waals surface area contributed by atoms with E-state index in [0.717, 1.165) is 16.9 Å². The second-order valence-electron chi connectivity index (χ2n) is 5.55. The van der Waals surface area contributed by atoms with Crippen LogP contribution in [0.15, 0.2) is 85.1 Å². The van der Waals surface area contributed by atoms with Gasteiger partial charge in [-0.05, 0) is 60.2 Å². The summed E-state index contributed by atoms with van der Waals surface area (Å²) >= 11 is 5.83. The lowest BCUT2D eigenvalue weighted by Gasteiger charge is -2.08. The fourth-order valence-corrected chi connectivity index (χ4v) is 2.41. The smallest absolute Gasteiger partial charge is 0.323 e. The zero-order valence-corrected chi connectivity index (χ0v) is 14.7. The second-order valence-corrected chi connectivity index (χ2v) is 5.99. The Labute approximate surface area is 157 Å². The number of halogens is 1. The standard InChI is InChI=1S/C21H18ClN3O/c22-17-8-6-16(7-9-17)14-15-23-21(26)25-20-12-10-19(11-13-20)24-18-4-2-1-3-5-18/h1-15,24H,(H2,23,25,26)/b15-14+. The zero-order chi connectivity index (χ0) is 18.2. The van der Waals surface area contributed by atoms with E-state index in [1.54, 1.807) is 24.4 Å². The molecule has 2 amide bonds. The number of benzene rings is 3. The molecule has 26 heavy (non-hydrogen) atoms. The topological polar surface area (TPSA) is 53.2 Å². The summed E-state index contributed by atoms with van der Waals surface area (Å²) in [6.07, 6.45) is 3.38. The van der Waals surface area contributed by atoms with Crippen molar-refractivity contribution in [3.05, 3.63) is 95.6 Å². The molecule has 3 aromatic carbocycles. The maximum absolute atomic E-state index is 11.9. The molecular formula is C21H18ClN3O. The Kier molecular flexibility index (Phi) is 5.91. The molecule has 0 aliphatic carbocycles. The molecule has 0 aliphatic heterocycles. The van der Waals surface area contributed by atoms with Gasteiger partial charge in [0.15, 0.2) is 0 Å². The summed E-state index contributed by atoms with van der Waals surface area (Å²) in [5, 5.41) is 9.42. The number of hydrogen-bond donors (Lipinski definition) is 3.